The molecule has 4 heteroatoms. The number of benzene rings is 1. The van der Waals surface area contributed by atoms with Gasteiger partial charge >= 0.3 is 0 Å². The van der Waals surface area contributed by atoms with Crippen molar-refractivity contribution in [1.29, 1.82) is 0 Å². The van der Waals surface area contributed by atoms with Crippen molar-refractivity contribution in [3.05, 3.63) is 78.0 Å². The van der Waals surface area contributed by atoms with Crippen molar-refractivity contribution in [2.75, 3.05) is 19.6 Å². The van der Waals surface area contributed by atoms with E-state index >= 15 is 0 Å². The summed E-state index contributed by atoms with van der Waals surface area (Å²) in [5, 5.41) is 0. The van der Waals surface area contributed by atoms with Crippen LogP contribution in [0.4, 0.5) is 0 Å². The average molecular weight is 361 g/mol. The monoisotopic (exact) mass is 360 g/mol. The van der Waals surface area contributed by atoms with Gasteiger partial charge in [-0.15, -0.1) is 0 Å². The molecule has 0 saturated carbocycles. The Kier molecular flexibility index (Phi) is 5.64. The van der Waals surface area contributed by atoms with Crippen LogP contribution in [-0.4, -0.2) is 39.1 Å². The second kappa shape index (κ2) is 8.49. The number of aryl methyl sites for hydroxylation is 2. The molecule has 0 spiro atoms. The van der Waals surface area contributed by atoms with Crippen LogP contribution < -0.4 is 0 Å². The summed E-state index contributed by atoms with van der Waals surface area (Å²) in [6.45, 7) is 5.52. The van der Waals surface area contributed by atoms with Crippen LogP contribution in [0, 0.1) is 6.92 Å². The SMILES string of the molecule is Cc1nccn1-c1cccc(C2CCCN(CCCc3ccccc3)C2)n1. The number of piperidine rings is 1. The van der Waals surface area contributed by atoms with E-state index < -0.39 is 0 Å². The Bertz CT molecular complexity index is 856. The molecule has 0 bridgehead atoms. The van der Waals surface area contributed by atoms with Crippen LogP contribution in [0.3, 0.4) is 0 Å². The molecule has 1 aliphatic rings. The van der Waals surface area contributed by atoms with Gasteiger partial charge in [0.05, 0.1) is 0 Å². The number of likely N-dealkylation sites (tertiary alicyclic amines) is 1. The lowest BCUT2D eigenvalue weighted by Gasteiger charge is -2.32. The van der Waals surface area contributed by atoms with Crippen LogP contribution >= 0.6 is 0 Å². The summed E-state index contributed by atoms with van der Waals surface area (Å²) in [7, 11) is 0. The Morgan fingerprint density at radius 2 is 1.96 bits per heavy atom. The minimum Gasteiger partial charge on any atom is -0.303 e. The highest BCUT2D eigenvalue weighted by Gasteiger charge is 2.22. The van der Waals surface area contributed by atoms with Gasteiger partial charge in [-0.25, -0.2) is 9.97 Å². The van der Waals surface area contributed by atoms with E-state index in [-0.39, 0.29) is 0 Å². The fourth-order valence-electron chi connectivity index (χ4n) is 4.07. The van der Waals surface area contributed by atoms with Gasteiger partial charge in [0.15, 0.2) is 0 Å². The molecule has 0 N–H and O–H groups in total. The summed E-state index contributed by atoms with van der Waals surface area (Å²) in [6, 6.07) is 17.2. The van der Waals surface area contributed by atoms with E-state index in [4.69, 9.17) is 4.98 Å². The molecule has 0 amide bonds. The van der Waals surface area contributed by atoms with Crippen molar-refractivity contribution in [1.82, 2.24) is 19.4 Å². The van der Waals surface area contributed by atoms with Crippen molar-refractivity contribution in [2.45, 2.75) is 38.5 Å². The van der Waals surface area contributed by atoms with E-state index in [1.807, 2.05) is 19.3 Å². The molecule has 1 aromatic carbocycles. The largest absolute Gasteiger partial charge is 0.303 e. The molecule has 1 saturated heterocycles. The minimum absolute atomic E-state index is 0.527. The lowest BCUT2D eigenvalue weighted by Crippen LogP contribution is -2.35. The zero-order valence-corrected chi connectivity index (χ0v) is 16.1. The topological polar surface area (TPSA) is 34.0 Å². The first-order chi connectivity index (χ1) is 13.3. The maximum atomic E-state index is 4.96. The first kappa shape index (κ1) is 17.9. The Hall–Kier alpha value is -2.46. The summed E-state index contributed by atoms with van der Waals surface area (Å²) in [4.78, 5) is 11.9. The Morgan fingerprint density at radius 3 is 2.78 bits per heavy atom. The Balaban J connectivity index is 1.37. The third-order valence-corrected chi connectivity index (χ3v) is 5.53. The number of pyridine rings is 1. The molecular formula is C23H28N4. The van der Waals surface area contributed by atoms with Gasteiger partial charge in [-0.2, -0.15) is 0 Å². The van der Waals surface area contributed by atoms with Crippen molar-refractivity contribution >= 4 is 0 Å². The van der Waals surface area contributed by atoms with E-state index in [2.05, 4.69) is 63.0 Å². The molecule has 3 aromatic rings. The van der Waals surface area contributed by atoms with Crippen LogP contribution in [0.1, 0.15) is 42.3 Å². The maximum Gasteiger partial charge on any atom is 0.138 e. The van der Waals surface area contributed by atoms with Crippen LogP contribution in [0.15, 0.2) is 60.9 Å². The third kappa shape index (κ3) is 4.45. The predicted molar refractivity (Wildman–Crippen MR) is 109 cm³/mol. The molecule has 2 aromatic heterocycles. The zero-order valence-electron chi connectivity index (χ0n) is 16.1. The fraction of sp³-hybridized carbons (Fsp3) is 0.391. The van der Waals surface area contributed by atoms with Gasteiger partial charge in [-0.1, -0.05) is 36.4 Å². The van der Waals surface area contributed by atoms with E-state index in [0.717, 1.165) is 24.6 Å². The number of nitrogens with zero attached hydrogens (tertiary/aromatic N) is 4. The molecule has 4 nitrogen and oxygen atoms in total. The Morgan fingerprint density at radius 1 is 1.07 bits per heavy atom. The lowest BCUT2D eigenvalue weighted by molar-refractivity contribution is 0.204. The van der Waals surface area contributed by atoms with Crippen molar-refractivity contribution in [3.63, 3.8) is 0 Å². The number of hydrogen-bond donors (Lipinski definition) is 0. The smallest absolute Gasteiger partial charge is 0.138 e. The van der Waals surface area contributed by atoms with Gasteiger partial charge in [-0.05, 0) is 63.4 Å². The summed E-state index contributed by atoms with van der Waals surface area (Å²) < 4.78 is 2.06. The molecule has 4 rings (SSSR count). The quantitative estimate of drug-likeness (QED) is 0.654. The Labute approximate surface area is 161 Å². The van der Waals surface area contributed by atoms with Crippen molar-refractivity contribution < 1.29 is 0 Å². The molecule has 0 radical (unpaired) electrons. The molecule has 3 heterocycles. The predicted octanol–water partition coefficient (Wildman–Crippen LogP) is 4.39. The van der Waals surface area contributed by atoms with Crippen molar-refractivity contribution in [3.8, 4) is 5.82 Å². The summed E-state index contributed by atoms with van der Waals surface area (Å²) in [5.41, 5.74) is 2.66. The fourth-order valence-corrected chi connectivity index (χ4v) is 4.07. The summed E-state index contributed by atoms with van der Waals surface area (Å²) in [5.74, 6) is 2.48. The molecule has 1 fully saturated rings. The molecule has 1 unspecified atom stereocenters. The average Bonchev–Trinajstić information content (AvgIpc) is 3.15. The van der Waals surface area contributed by atoms with Gasteiger partial charge in [-0.3, -0.25) is 4.57 Å². The molecule has 1 aliphatic heterocycles. The maximum absolute atomic E-state index is 4.96. The number of aromatic nitrogens is 3. The molecule has 1 atom stereocenters. The number of imidazole rings is 1. The van der Waals surface area contributed by atoms with Gasteiger partial charge in [0.25, 0.3) is 0 Å². The van der Waals surface area contributed by atoms with Crippen LogP contribution in [0.5, 0.6) is 0 Å². The second-order valence-corrected chi connectivity index (χ2v) is 7.49. The molecule has 0 aliphatic carbocycles. The minimum atomic E-state index is 0.527. The molecule has 27 heavy (non-hydrogen) atoms. The first-order valence-corrected chi connectivity index (χ1v) is 10.0. The van der Waals surface area contributed by atoms with Gasteiger partial charge in [0, 0.05) is 30.6 Å². The van der Waals surface area contributed by atoms with Crippen LogP contribution in [-0.2, 0) is 6.42 Å². The summed E-state index contributed by atoms with van der Waals surface area (Å²) in [6.07, 6.45) is 8.69. The highest BCUT2D eigenvalue weighted by Crippen LogP contribution is 2.26. The number of hydrogen-bond acceptors (Lipinski definition) is 3. The van der Waals surface area contributed by atoms with E-state index in [1.165, 1.54) is 43.6 Å². The standard InChI is InChI=1S/C23H28N4/c1-19-24-14-17-27(19)23-13-5-12-22(25-23)21-11-7-16-26(18-21)15-6-10-20-8-3-2-4-9-20/h2-5,8-9,12-14,17,21H,6-7,10-11,15-16,18H2,1H3. The van der Waals surface area contributed by atoms with Gasteiger partial charge in [0.2, 0.25) is 0 Å². The van der Waals surface area contributed by atoms with Gasteiger partial charge in [0.1, 0.15) is 11.6 Å². The van der Waals surface area contributed by atoms with Gasteiger partial charge < -0.3 is 4.90 Å². The molecular weight excluding hydrogens is 332 g/mol. The van der Waals surface area contributed by atoms with E-state index in [9.17, 15) is 0 Å². The lowest BCUT2D eigenvalue weighted by atomic mass is 9.94. The van der Waals surface area contributed by atoms with Crippen LogP contribution in [0.25, 0.3) is 5.82 Å². The zero-order chi connectivity index (χ0) is 18.5. The highest BCUT2D eigenvalue weighted by molar-refractivity contribution is 5.28. The van der Waals surface area contributed by atoms with E-state index in [1.54, 1.807) is 0 Å². The molecule has 140 valence electrons. The first-order valence-electron chi connectivity index (χ1n) is 10.0. The second-order valence-electron chi connectivity index (χ2n) is 7.49. The number of rotatable bonds is 6. The normalized spacial score (nSPS) is 17.9. The van der Waals surface area contributed by atoms with Crippen LogP contribution in [0.2, 0.25) is 0 Å². The van der Waals surface area contributed by atoms with Crippen molar-refractivity contribution in [2.24, 2.45) is 0 Å². The highest BCUT2D eigenvalue weighted by atomic mass is 15.1. The summed E-state index contributed by atoms with van der Waals surface area (Å²) >= 11 is 0. The van der Waals surface area contributed by atoms with E-state index in [0.29, 0.717) is 5.92 Å². The third-order valence-electron chi connectivity index (χ3n) is 5.53.